The largest absolute Gasteiger partial charge is 0.485 e. The summed E-state index contributed by atoms with van der Waals surface area (Å²) in [6.45, 7) is 6.10. The van der Waals surface area contributed by atoms with Gasteiger partial charge in [-0.05, 0) is 30.7 Å². The molecular formula is C17H19ClO2. The van der Waals surface area contributed by atoms with Gasteiger partial charge in [-0.2, -0.15) is 0 Å². The Bertz CT molecular complexity index is 595. The number of aryl methyl sites for hydroxylation is 1. The quantitative estimate of drug-likeness (QED) is 0.825. The molecule has 0 bridgehead atoms. The van der Waals surface area contributed by atoms with E-state index in [2.05, 4.69) is 0 Å². The zero-order valence-corrected chi connectivity index (χ0v) is 12.8. The van der Waals surface area contributed by atoms with E-state index in [-0.39, 0.29) is 5.43 Å². The molecule has 0 aliphatic carbocycles. The summed E-state index contributed by atoms with van der Waals surface area (Å²) in [4.78, 5) is 12.0. The minimum atomic E-state index is -0.127. The molecule has 2 aromatic rings. The summed E-state index contributed by atoms with van der Waals surface area (Å²) in [5.74, 6) is 0.322. The summed E-state index contributed by atoms with van der Waals surface area (Å²) in [6, 6.07) is 14.6. The lowest BCUT2D eigenvalue weighted by atomic mass is 10.2. The zero-order chi connectivity index (χ0) is 15.0. The van der Waals surface area contributed by atoms with E-state index in [9.17, 15) is 4.79 Å². The molecule has 0 radical (unpaired) electrons. The Balaban J connectivity index is 0.000000956. The third-order valence-electron chi connectivity index (χ3n) is 2.57. The van der Waals surface area contributed by atoms with Crippen LogP contribution in [0.1, 0.15) is 25.0 Å². The van der Waals surface area contributed by atoms with E-state index in [1.807, 2.05) is 44.2 Å². The van der Waals surface area contributed by atoms with Crippen molar-refractivity contribution in [2.24, 2.45) is 0 Å². The van der Waals surface area contributed by atoms with Crippen LogP contribution in [0.25, 0.3) is 0 Å². The maximum atomic E-state index is 12.0. The smallest absolute Gasteiger partial charge is 0.223 e. The molecule has 2 rings (SSSR count). The van der Waals surface area contributed by atoms with Gasteiger partial charge in [-0.3, -0.25) is 4.79 Å². The molecule has 0 saturated heterocycles. The first kappa shape index (κ1) is 16.3. The summed E-state index contributed by atoms with van der Waals surface area (Å²) >= 11 is 5.90. The van der Waals surface area contributed by atoms with Gasteiger partial charge in [0.15, 0.2) is 5.75 Å². The van der Waals surface area contributed by atoms with Gasteiger partial charge in [0, 0.05) is 10.6 Å². The number of ether oxygens (including phenoxy) is 1. The van der Waals surface area contributed by atoms with Crippen LogP contribution < -0.4 is 10.2 Å². The van der Waals surface area contributed by atoms with Gasteiger partial charge in [-0.15, -0.1) is 0 Å². The molecule has 0 heterocycles. The van der Waals surface area contributed by atoms with Gasteiger partial charge >= 0.3 is 0 Å². The van der Waals surface area contributed by atoms with Crippen LogP contribution in [0.2, 0.25) is 5.02 Å². The van der Waals surface area contributed by atoms with E-state index < -0.39 is 0 Å². The zero-order valence-electron chi connectivity index (χ0n) is 12.0. The first-order valence-corrected chi connectivity index (χ1v) is 7.02. The number of benzene rings is 1. The normalized spacial score (nSPS) is 9.40. The van der Waals surface area contributed by atoms with Crippen molar-refractivity contribution < 1.29 is 4.74 Å². The fourth-order valence-electron chi connectivity index (χ4n) is 1.59. The molecule has 2 nitrogen and oxygen atoms in total. The van der Waals surface area contributed by atoms with E-state index in [0.29, 0.717) is 22.9 Å². The predicted octanol–water partition coefficient (Wildman–Crippen LogP) is 4.61. The van der Waals surface area contributed by atoms with Gasteiger partial charge in [0.25, 0.3) is 0 Å². The highest BCUT2D eigenvalue weighted by Crippen LogP contribution is 2.12. The van der Waals surface area contributed by atoms with E-state index in [4.69, 9.17) is 16.3 Å². The summed E-state index contributed by atoms with van der Waals surface area (Å²) in [7, 11) is 0. The highest BCUT2D eigenvalue weighted by molar-refractivity contribution is 6.30. The Morgan fingerprint density at radius 3 is 2.35 bits per heavy atom. The van der Waals surface area contributed by atoms with Crippen LogP contribution in [-0.2, 0) is 6.61 Å². The monoisotopic (exact) mass is 290 g/mol. The number of rotatable bonds is 3. The maximum absolute atomic E-state index is 12.0. The van der Waals surface area contributed by atoms with Crippen LogP contribution in [0.4, 0.5) is 0 Å². The summed E-state index contributed by atoms with van der Waals surface area (Å²) in [5, 5.41) is 0.527. The van der Waals surface area contributed by atoms with Crippen LogP contribution in [-0.4, -0.2) is 0 Å². The fraction of sp³-hybridized carbons (Fsp3) is 0.235. The SMILES string of the molecule is CC.Cc1cc(Cl)ccc(OCc2ccccc2)c1=O. The highest BCUT2D eigenvalue weighted by atomic mass is 35.5. The van der Waals surface area contributed by atoms with E-state index in [0.717, 1.165) is 5.56 Å². The van der Waals surface area contributed by atoms with Gasteiger partial charge in [0.2, 0.25) is 5.43 Å². The Labute approximate surface area is 125 Å². The van der Waals surface area contributed by atoms with E-state index >= 15 is 0 Å². The molecule has 20 heavy (non-hydrogen) atoms. The van der Waals surface area contributed by atoms with Crippen molar-refractivity contribution in [2.45, 2.75) is 27.4 Å². The predicted molar refractivity (Wildman–Crippen MR) is 84.6 cm³/mol. The third-order valence-corrected chi connectivity index (χ3v) is 2.80. The lowest BCUT2D eigenvalue weighted by Crippen LogP contribution is -2.07. The summed E-state index contributed by atoms with van der Waals surface area (Å²) in [6.07, 6.45) is 0. The number of hydrogen-bond acceptors (Lipinski definition) is 2. The molecule has 0 amide bonds. The third kappa shape index (κ3) is 4.71. The average molecular weight is 291 g/mol. The summed E-state index contributed by atoms with van der Waals surface area (Å²) in [5.41, 5.74) is 1.47. The second-order valence-electron chi connectivity index (χ2n) is 4.01. The van der Waals surface area contributed by atoms with Gasteiger partial charge in [-0.1, -0.05) is 55.8 Å². The molecule has 0 saturated carbocycles. The van der Waals surface area contributed by atoms with Crippen LogP contribution in [0.15, 0.2) is 53.3 Å². The van der Waals surface area contributed by atoms with Crippen LogP contribution in [0.3, 0.4) is 0 Å². The van der Waals surface area contributed by atoms with E-state index in [1.54, 1.807) is 25.1 Å². The molecule has 106 valence electrons. The Morgan fingerprint density at radius 2 is 1.70 bits per heavy atom. The molecule has 0 aliphatic heterocycles. The molecule has 0 atom stereocenters. The molecule has 3 heteroatoms. The lowest BCUT2D eigenvalue weighted by Gasteiger charge is -2.03. The van der Waals surface area contributed by atoms with Crippen molar-refractivity contribution in [1.82, 2.24) is 0 Å². The lowest BCUT2D eigenvalue weighted by molar-refractivity contribution is 0.303. The molecule has 0 fully saturated rings. The maximum Gasteiger partial charge on any atom is 0.223 e. The molecule has 0 N–H and O–H groups in total. The number of halogens is 1. The topological polar surface area (TPSA) is 26.3 Å². The van der Waals surface area contributed by atoms with Crippen molar-refractivity contribution in [2.75, 3.05) is 0 Å². The minimum Gasteiger partial charge on any atom is -0.485 e. The standard InChI is InChI=1S/C15H13ClO2.C2H6/c1-11-9-13(16)7-8-14(15(11)17)18-10-12-5-3-2-4-6-12;1-2/h2-9H,10H2,1H3;1-2H3. The van der Waals surface area contributed by atoms with Gasteiger partial charge < -0.3 is 4.74 Å². The molecular weight excluding hydrogens is 272 g/mol. The second kappa shape index (κ2) is 8.39. The average Bonchev–Trinajstić information content (AvgIpc) is 2.60. The van der Waals surface area contributed by atoms with Crippen molar-refractivity contribution in [3.63, 3.8) is 0 Å². The molecule has 2 aromatic carbocycles. The molecule has 0 aliphatic rings. The van der Waals surface area contributed by atoms with Crippen LogP contribution >= 0.6 is 11.6 Å². The van der Waals surface area contributed by atoms with E-state index in [1.165, 1.54) is 0 Å². The van der Waals surface area contributed by atoms with Crippen molar-refractivity contribution in [1.29, 1.82) is 0 Å². The van der Waals surface area contributed by atoms with Crippen LogP contribution in [0, 0.1) is 6.92 Å². The van der Waals surface area contributed by atoms with Gasteiger partial charge in [0.1, 0.15) is 6.61 Å². The second-order valence-corrected chi connectivity index (χ2v) is 4.45. The van der Waals surface area contributed by atoms with Crippen LogP contribution in [0.5, 0.6) is 5.75 Å². The molecule has 0 aromatic heterocycles. The molecule has 0 unspecified atom stereocenters. The fourth-order valence-corrected chi connectivity index (χ4v) is 1.82. The Morgan fingerprint density at radius 1 is 1.05 bits per heavy atom. The number of hydrogen-bond donors (Lipinski definition) is 0. The van der Waals surface area contributed by atoms with Crippen molar-refractivity contribution >= 4 is 11.6 Å². The Kier molecular flexibility index (Phi) is 6.82. The van der Waals surface area contributed by atoms with Gasteiger partial charge in [0.05, 0.1) is 0 Å². The molecule has 0 spiro atoms. The highest BCUT2D eigenvalue weighted by Gasteiger charge is 2.03. The first-order chi connectivity index (χ1) is 9.66. The van der Waals surface area contributed by atoms with Crippen molar-refractivity contribution in [3.8, 4) is 5.75 Å². The minimum absolute atomic E-state index is 0.127. The summed E-state index contributed by atoms with van der Waals surface area (Å²) < 4.78 is 5.55. The van der Waals surface area contributed by atoms with Crippen molar-refractivity contribution in [3.05, 3.63) is 74.9 Å². The first-order valence-electron chi connectivity index (χ1n) is 6.64. The van der Waals surface area contributed by atoms with Gasteiger partial charge in [-0.25, -0.2) is 0 Å². The Hall–Kier alpha value is -1.80.